The largest absolute Gasteiger partial charge is 0.320 e. The lowest BCUT2D eigenvalue weighted by molar-refractivity contribution is -1.03. The Balaban J connectivity index is 1.43. The molecule has 1 aliphatic heterocycles. The Morgan fingerprint density at radius 3 is 1.88 bits per heavy atom. The molecule has 3 N–H and O–H groups in total. The van der Waals surface area contributed by atoms with Crippen LogP contribution < -0.4 is 15.1 Å². The maximum absolute atomic E-state index is 12.9. The van der Waals surface area contributed by atoms with E-state index in [4.69, 9.17) is 0 Å². The molecule has 1 saturated heterocycles. The molecule has 0 aliphatic carbocycles. The Kier molecular flexibility index (Phi) is 6.96. The first-order valence-corrected chi connectivity index (χ1v) is 11.3. The van der Waals surface area contributed by atoms with Gasteiger partial charge in [0.25, 0.3) is 5.91 Å². The molecule has 0 aromatic heterocycles. The molecule has 5 heteroatoms. The summed E-state index contributed by atoms with van der Waals surface area (Å²) in [5.41, 5.74) is 3.74. The van der Waals surface area contributed by atoms with Crippen LogP contribution in [-0.4, -0.2) is 38.1 Å². The van der Waals surface area contributed by atoms with Gasteiger partial charge in [-0.25, -0.2) is 0 Å². The van der Waals surface area contributed by atoms with E-state index in [1.807, 2.05) is 13.0 Å². The number of quaternary nitrogens is 2. The zero-order chi connectivity index (χ0) is 22.3. The minimum atomic E-state index is -0.171. The third-order valence-electron chi connectivity index (χ3n) is 6.52. The van der Waals surface area contributed by atoms with Gasteiger partial charge in [-0.05, 0) is 19.1 Å². The molecule has 1 fully saturated rings. The lowest BCUT2D eigenvalue weighted by Gasteiger charge is -2.36. The number of carbonyl (C=O) groups excluding carboxylic acids is 1. The zero-order valence-electron chi connectivity index (χ0n) is 18.4. The fourth-order valence-electron chi connectivity index (χ4n) is 4.68. The predicted molar refractivity (Wildman–Crippen MR) is 125 cm³/mol. The maximum atomic E-state index is 12.9. The molecule has 3 aromatic rings. The number of piperazine rings is 1. The second kappa shape index (κ2) is 10.2. The summed E-state index contributed by atoms with van der Waals surface area (Å²) < 4.78 is 0. The lowest BCUT2D eigenvalue weighted by atomic mass is 9.96. The Morgan fingerprint density at radius 2 is 1.31 bits per heavy atom. The number of nitrogens with one attached hydrogen (secondary N) is 3. The highest BCUT2D eigenvalue weighted by Gasteiger charge is 2.35. The van der Waals surface area contributed by atoms with E-state index in [0.29, 0.717) is 17.3 Å². The predicted octanol–water partition coefficient (Wildman–Crippen LogP) is 1.46. The van der Waals surface area contributed by atoms with Crippen molar-refractivity contribution in [2.75, 3.05) is 31.5 Å². The van der Waals surface area contributed by atoms with Gasteiger partial charge in [-0.2, -0.15) is 5.26 Å². The topological polar surface area (TPSA) is 61.8 Å². The molecule has 4 rings (SSSR count). The molecular formula is C27H30N4O+2. The van der Waals surface area contributed by atoms with Gasteiger partial charge in [0.05, 0.1) is 11.3 Å². The molecule has 0 bridgehead atoms. The molecule has 162 valence electrons. The highest BCUT2D eigenvalue weighted by molar-refractivity contribution is 5.94. The smallest absolute Gasteiger partial charge is 0.282 e. The average molecular weight is 427 g/mol. The minimum Gasteiger partial charge on any atom is -0.320 e. The number of nitriles is 1. The Bertz CT molecular complexity index is 1030. The maximum Gasteiger partial charge on any atom is 0.282 e. The first-order chi connectivity index (χ1) is 15.7. The van der Waals surface area contributed by atoms with Crippen LogP contribution in [0.25, 0.3) is 0 Å². The van der Waals surface area contributed by atoms with Crippen LogP contribution in [0.15, 0.2) is 84.9 Å². The van der Waals surface area contributed by atoms with Crippen LogP contribution in [-0.2, 0) is 4.79 Å². The molecule has 0 spiro atoms. The van der Waals surface area contributed by atoms with Crippen LogP contribution in [0.5, 0.6) is 0 Å². The van der Waals surface area contributed by atoms with E-state index in [-0.39, 0.29) is 11.9 Å². The number of amides is 1. The molecule has 0 radical (unpaired) electrons. The Labute approximate surface area is 189 Å². The van der Waals surface area contributed by atoms with Crippen molar-refractivity contribution in [1.29, 1.82) is 5.26 Å². The second-order valence-electron chi connectivity index (χ2n) is 8.44. The van der Waals surface area contributed by atoms with E-state index in [0.717, 1.165) is 26.2 Å². The number of anilines is 1. The Hall–Kier alpha value is -3.46. The Morgan fingerprint density at radius 1 is 0.812 bits per heavy atom. The van der Waals surface area contributed by atoms with Crippen molar-refractivity contribution in [2.45, 2.75) is 19.0 Å². The number of nitrogens with zero attached hydrogens (tertiary/aromatic N) is 1. The van der Waals surface area contributed by atoms with Crippen molar-refractivity contribution in [1.82, 2.24) is 0 Å². The highest BCUT2D eigenvalue weighted by Crippen LogP contribution is 2.19. The van der Waals surface area contributed by atoms with Gasteiger partial charge in [-0.1, -0.05) is 72.8 Å². The van der Waals surface area contributed by atoms with Crippen LogP contribution in [0.4, 0.5) is 5.69 Å². The normalized spacial score (nSPS) is 19.2. The summed E-state index contributed by atoms with van der Waals surface area (Å²) in [6.07, 6.45) is 0. The first-order valence-electron chi connectivity index (χ1n) is 11.3. The molecule has 5 nitrogen and oxygen atoms in total. The summed E-state index contributed by atoms with van der Waals surface area (Å²) in [6, 6.07) is 30.8. The fourth-order valence-corrected chi connectivity index (χ4v) is 4.68. The third kappa shape index (κ3) is 4.88. The van der Waals surface area contributed by atoms with Gasteiger partial charge in [-0.15, -0.1) is 0 Å². The van der Waals surface area contributed by atoms with Crippen molar-refractivity contribution >= 4 is 11.6 Å². The summed E-state index contributed by atoms with van der Waals surface area (Å²) in [4.78, 5) is 15.7. The van der Waals surface area contributed by atoms with E-state index in [1.54, 1.807) is 18.2 Å². The van der Waals surface area contributed by atoms with Gasteiger partial charge in [0.2, 0.25) is 0 Å². The lowest BCUT2D eigenvalue weighted by Crippen LogP contribution is -3.30. The molecule has 32 heavy (non-hydrogen) atoms. The molecular weight excluding hydrogens is 396 g/mol. The monoisotopic (exact) mass is 426 g/mol. The number of hydrogen-bond acceptors (Lipinski definition) is 2. The summed E-state index contributed by atoms with van der Waals surface area (Å²) in [5.74, 6) is -0.0335. The van der Waals surface area contributed by atoms with Crippen LogP contribution in [0.2, 0.25) is 0 Å². The second-order valence-corrected chi connectivity index (χ2v) is 8.44. The van der Waals surface area contributed by atoms with E-state index in [9.17, 15) is 10.1 Å². The van der Waals surface area contributed by atoms with Crippen molar-refractivity contribution in [3.63, 3.8) is 0 Å². The quantitative estimate of drug-likeness (QED) is 0.559. The van der Waals surface area contributed by atoms with E-state index < -0.39 is 0 Å². The SMILES string of the molecule is C[C@@H](C(=O)Nc1ccccc1C#N)[NH+]1CC[NH+](C(c2ccccc2)c2ccccc2)CC1. The molecule has 1 heterocycles. The number of para-hydroxylation sites is 1. The standard InChI is InChI=1S/C27H28N4O/c1-21(27(32)29-25-15-9-8-14-24(25)20-28)30-16-18-31(19-17-30)26(22-10-4-2-5-11-22)23-12-6-3-7-13-23/h2-15,21,26H,16-19H2,1H3,(H,29,32)/p+2/t21-/m0/s1. The van der Waals surface area contributed by atoms with Crippen LogP contribution in [0.3, 0.4) is 0 Å². The zero-order valence-corrected chi connectivity index (χ0v) is 18.4. The summed E-state index contributed by atoms with van der Waals surface area (Å²) >= 11 is 0. The van der Waals surface area contributed by atoms with Gasteiger partial charge in [-0.3, -0.25) is 4.79 Å². The number of rotatable bonds is 6. The van der Waals surface area contributed by atoms with E-state index in [1.165, 1.54) is 20.9 Å². The van der Waals surface area contributed by atoms with Crippen LogP contribution in [0.1, 0.15) is 29.7 Å². The average Bonchev–Trinajstić information content (AvgIpc) is 2.86. The van der Waals surface area contributed by atoms with Crippen molar-refractivity contribution in [3.05, 3.63) is 102 Å². The molecule has 1 aliphatic rings. The molecule has 0 unspecified atom stereocenters. The number of benzene rings is 3. The van der Waals surface area contributed by atoms with Gasteiger partial charge < -0.3 is 15.1 Å². The van der Waals surface area contributed by atoms with Gasteiger partial charge in [0, 0.05) is 11.1 Å². The summed E-state index contributed by atoms with van der Waals surface area (Å²) in [5, 5.41) is 12.2. The van der Waals surface area contributed by atoms with Crippen molar-refractivity contribution in [3.8, 4) is 6.07 Å². The van der Waals surface area contributed by atoms with Gasteiger partial charge in [0.1, 0.15) is 38.3 Å². The van der Waals surface area contributed by atoms with Crippen molar-refractivity contribution in [2.24, 2.45) is 0 Å². The molecule has 3 aromatic carbocycles. The third-order valence-corrected chi connectivity index (χ3v) is 6.52. The van der Waals surface area contributed by atoms with Crippen LogP contribution >= 0.6 is 0 Å². The minimum absolute atomic E-state index is 0.0335. The van der Waals surface area contributed by atoms with Gasteiger partial charge in [0.15, 0.2) is 6.04 Å². The van der Waals surface area contributed by atoms with Crippen molar-refractivity contribution < 1.29 is 14.6 Å². The molecule has 1 atom stereocenters. The summed E-state index contributed by atoms with van der Waals surface area (Å²) in [6.45, 7) is 5.84. The van der Waals surface area contributed by atoms with E-state index in [2.05, 4.69) is 72.0 Å². The number of hydrogen-bond donors (Lipinski definition) is 3. The molecule has 1 amide bonds. The molecule has 0 saturated carbocycles. The highest BCUT2D eigenvalue weighted by atomic mass is 16.2. The van der Waals surface area contributed by atoms with E-state index >= 15 is 0 Å². The van der Waals surface area contributed by atoms with Crippen LogP contribution in [0, 0.1) is 11.3 Å². The van der Waals surface area contributed by atoms with Gasteiger partial charge >= 0.3 is 0 Å². The fraction of sp³-hybridized carbons (Fsp3) is 0.259. The summed E-state index contributed by atoms with van der Waals surface area (Å²) in [7, 11) is 0. The first kappa shape index (κ1) is 21.8. The number of carbonyl (C=O) groups is 1.